The van der Waals surface area contributed by atoms with Gasteiger partial charge in [0, 0.05) is 12.0 Å². The Morgan fingerprint density at radius 2 is 1.96 bits per heavy atom. The molecule has 0 aromatic heterocycles. The molecule has 0 spiro atoms. The first kappa shape index (κ1) is 18.2. The van der Waals surface area contributed by atoms with Gasteiger partial charge in [-0.25, -0.2) is 0 Å². The lowest BCUT2D eigenvalue weighted by atomic mass is 9.97. The second-order valence-corrected chi connectivity index (χ2v) is 4.84. The van der Waals surface area contributed by atoms with E-state index in [9.17, 15) is 33.2 Å². The molecule has 6 nitrogen and oxygen atoms in total. The van der Waals surface area contributed by atoms with E-state index in [1.165, 1.54) is 19.9 Å². The van der Waals surface area contributed by atoms with Crippen LogP contribution in [0.15, 0.2) is 23.8 Å². The summed E-state index contributed by atoms with van der Waals surface area (Å²) in [6, 6.07) is 2.84. The number of halogens is 3. The summed E-state index contributed by atoms with van der Waals surface area (Å²) in [5.41, 5.74) is -3.72. The smallest absolute Gasteiger partial charge is 0.416 e. The number of allylic oxidation sites excluding steroid dienone is 1. The molecule has 0 aliphatic heterocycles. The summed E-state index contributed by atoms with van der Waals surface area (Å²) in [6.45, 7) is 2.88. The van der Waals surface area contributed by atoms with Crippen molar-refractivity contribution >= 4 is 17.2 Å². The van der Waals surface area contributed by atoms with Crippen molar-refractivity contribution in [2.75, 3.05) is 0 Å². The second-order valence-electron chi connectivity index (χ2n) is 4.84. The van der Waals surface area contributed by atoms with E-state index in [0.717, 1.165) is 0 Å². The molecule has 0 aliphatic rings. The van der Waals surface area contributed by atoms with Gasteiger partial charge in [0.2, 0.25) is 0 Å². The van der Waals surface area contributed by atoms with Crippen LogP contribution in [0.1, 0.15) is 25.0 Å². The largest absolute Gasteiger partial charge is 0.506 e. The number of ketones is 1. The van der Waals surface area contributed by atoms with Crippen molar-refractivity contribution in [3.8, 4) is 6.07 Å². The molecule has 1 N–H and O–H groups in total. The molecule has 0 saturated heterocycles. The van der Waals surface area contributed by atoms with Crippen LogP contribution < -0.4 is 0 Å². The Bertz CT molecular complexity index is 731. The number of nitriles is 1. The summed E-state index contributed by atoms with van der Waals surface area (Å²) in [5, 5.41) is 29.9. The molecule has 122 valence electrons. The normalized spacial score (nSPS) is 12.6. The third-order valence-corrected chi connectivity index (χ3v) is 2.90. The number of nitro benzene ring substituents is 1. The number of alkyl halides is 3. The maximum Gasteiger partial charge on any atom is 0.416 e. The van der Waals surface area contributed by atoms with Crippen LogP contribution >= 0.6 is 0 Å². The Morgan fingerprint density at radius 1 is 1.39 bits per heavy atom. The van der Waals surface area contributed by atoms with Crippen molar-refractivity contribution in [3.63, 3.8) is 0 Å². The Kier molecular flexibility index (Phi) is 5.11. The summed E-state index contributed by atoms with van der Waals surface area (Å²) in [7, 11) is 0. The van der Waals surface area contributed by atoms with Crippen LogP contribution in [-0.2, 0) is 11.0 Å². The van der Waals surface area contributed by atoms with Crippen LogP contribution in [0.4, 0.5) is 18.9 Å². The van der Waals surface area contributed by atoms with Crippen LogP contribution in [0, 0.1) is 27.4 Å². The molecule has 0 aliphatic carbocycles. The molecule has 0 unspecified atom stereocenters. The fraction of sp³-hybridized carbons (Fsp3) is 0.286. The highest BCUT2D eigenvalue weighted by Gasteiger charge is 2.34. The standard InChI is InChI=1S/C14H11F3N2O4/c1-7(2)12(20)10(6-18)13(21)9-4-3-8(14(15,16)17)5-11(9)19(22)23/h3-5,7,21H,1-2H3/b13-10-. The highest BCUT2D eigenvalue weighted by molar-refractivity contribution is 6.06. The molecular formula is C14H11F3N2O4. The van der Waals surface area contributed by atoms with E-state index in [-0.39, 0.29) is 6.07 Å². The average Bonchev–Trinajstić information content (AvgIpc) is 2.45. The Balaban J connectivity index is 3.63. The number of rotatable bonds is 4. The highest BCUT2D eigenvalue weighted by Crippen LogP contribution is 2.35. The molecule has 0 amide bonds. The van der Waals surface area contributed by atoms with Gasteiger partial charge < -0.3 is 5.11 Å². The lowest BCUT2D eigenvalue weighted by Gasteiger charge is -2.10. The third-order valence-electron chi connectivity index (χ3n) is 2.90. The average molecular weight is 328 g/mol. The van der Waals surface area contributed by atoms with E-state index in [1.54, 1.807) is 0 Å². The van der Waals surface area contributed by atoms with Crippen LogP contribution in [0.2, 0.25) is 0 Å². The van der Waals surface area contributed by atoms with Crippen molar-refractivity contribution in [3.05, 3.63) is 45.0 Å². The maximum absolute atomic E-state index is 12.6. The fourth-order valence-electron chi connectivity index (χ4n) is 1.71. The molecule has 0 bridgehead atoms. The zero-order valence-electron chi connectivity index (χ0n) is 12.0. The van der Waals surface area contributed by atoms with Gasteiger partial charge in [-0.1, -0.05) is 13.8 Å². The molecule has 1 aromatic rings. The molecule has 0 atom stereocenters. The third kappa shape index (κ3) is 3.85. The number of carbonyl (C=O) groups excluding carboxylic acids is 1. The number of aliphatic hydroxyl groups excluding tert-OH is 1. The summed E-state index contributed by atoms with van der Waals surface area (Å²) in [4.78, 5) is 21.6. The molecule has 0 radical (unpaired) electrons. The maximum atomic E-state index is 12.6. The van der Waals surface area contributed by atoms with Crippen molar-refractivity contribution < 1.29 is 28.0 Å². The molecule has 0 fully saturated rings. The number of aliphatic hydroxyl groups is 1. The van der Waals surface area contributed by atoms with Crippen molar-refractivity contribution in [1.82, 2.24) is 0 Å². The Morgan fingerprint density at radius 3 is 2.35 bits per heavy atom. The van der Waals surface area contributed by atoms with Crippen molar-refractivity contribution in [2.24, 2.45) is 5.92 Å². The van der Waals surface area contributed by atoms with Crippen LogP contribution in [0.5, 0.6) is 0 Å². The SMILES string of the molecule is CC(C)C(=O)/C(C#N)=C(\O)c1ccc(C(F)(F)F)cc1[N+](=O)[O-]. The lowest BCUT2D eigenvalue weighted by Crippen LogP contribution is -2.12. The van der Waals surface area contributed by atoms with Crippen LogP contribution in [-0.4, -0.2) is 15.8 Å². The molecule has 0 heterocycles. The van der Waals surface area contributed by atoms with Gasteiger partial charge in [0.1, 0.15) is 11.6 Å². The van der Waals surface area contributed by atoms with Gasteiger partial charge in [-0.15, -0.1) is 0 Å². The molecule has 1 rings (SSSR count). The van der Waals surface area contributed by atoms with Gasteiger partial charge in [0.05, 0.1) is 16.1 Å². The minimum absolute atomic E-state index is 0.237. The summed E-state index contributed by atoms with van der Waals surface area (Å²) in [5.74, 6) is -2.48. The molecule has 9 heteroatoms. The number of hydrogen-bond acceptors (Lipinski definition) is 5. The summed E-state index contributed by atoms with van der Waals surface area (Å²) in [6.07, 6.45) is -4.81. The quantitative estimate of drug-likeness (QED) is 0.299. The minimum Gasteiger partial charge on any atom is -0.506 e. The number of hydrogen-bond donors (Lipinski definition) is 1. The van der Waals surface area contributed by atoms with E-state index >= 15 is 0 Å². The molecule has 0 saturated carbocycles. The molecule has 23 heavy (non-hydrogen) atoms. The fourth-order valence-corrected chi connectivity index (χ4v) is 1.71. The zero-order valence-corrected chi connectivity index (χ0v) is 12.0. The van der Waals surface area contributed by atoms with Crippen LogP contribution in [0.25, 0.3) is 5.76 Å². The van der Waals surface area contributed by atoms with Gasteiger partial charge in [0.15, 0.2) is 11.5 Å². The van der Waals surface area contributed by atoms with E-state index in [1.807, 2.05) is 0 Å². The minimum atomic E-state index is -4.81. The van der Waals surface area contributed by atoms with Crippen LogP contribution in [0.3, 0.4) is 0 Å². The van der Waals surface area contributed by atoms with E-state index < -0.39 is 50.9 Å². The van der Waals surface area contributed by atoms with E-state index in [4.69, 9.17) is 5.26 Å². The molecule has 1 aromatic carbocycles. The van der Waals surface area contributed by atoms with Crippen molar-refractivity contribution in [1.29, 1.82) is 5.26 Å². The second kappa shape index (κ2) is 6.48. The van der Waals surface area contributed by atoms with Gasteiger partial charge in [0.25, 0.3) is 5.69 Å². The first-order valence-corrected chi connectivity index (χ1v) is 6.24. The number of nitrogens with zero attached hydrogens (tertiary/aromatic N) is 2. The first-order chi connectivity index (χ1) is 10.5. The van der Waals surface area contributed by atoms with E-state index in [2.05, 4.69) is 0 Å². The van der Waals surface area contributed by atoms with Gasteiger partial charge >= 0.3 is 6.18 Å². The topological polar surface area (TPSA) is 104 Å². The van der Waals surface area contributed by atoms with Gasteiger partial charge in [-0.3, -0.25) is 14.9 Å². The Hall–Kier alpha value is -2.89. The van der Waals surface area contributed by atoms with Crippen molar-refractivity contribution in [2.45, 2.75) is 20.0 Å². The predicted molar refractivity (Wildman–Crippen MR) is 73.1 cm³/mol. The predicted octanol–water partition coefficient (Wildman–Crippen LogP) is 3.63. The van der Waals surface area contributed by atoms with Gasteiger partial charge in [-0.05, 0) is 12.1 Å². The monoisotopic (exact) mass is 328 g/mol. The lowest BCUT2D eigenvalue weighted by molar-refractivity contribution is -0.385. The zero-order chi connectivity index (χ0) is 17.9. The number of carbonyl (C=O) groups is 1. The number of benzene rings is 1. The molecular weight excluding hydrogens is 317 g/mol. The summed E-state index contributed by atoms with van der Waals surface area (Å²) < 4.78 is 37.9. The number of nitro groups is 1. The number of Topliss-reactive ketones (excluding diaryl/α,β-unsaturated/α-hetero) is 1. The summed E-state index contributed by atoms with van der Waals surface area (Å²) >= 11 is 0. The van der Waals surface area contributed by atoms with E-state index in [0.29, 0.717) is 12.1 Å². The highest BCUT2D eigenvalue weighted by atomic mass is 19.4. The Labute approximate surface area is 128 Å². The first-order valence-electron chi connectivity index (χ1n) is 6.24. The van der Waals surface area contributed by atoms with Gasteiger partial charge in [-0.2, -0.15) is 18.4 Å².